The summed E-state index contributed by atoms with van der Waals surface area (Å²) in [5, 5.41) is 9.23. The molecule has 0 aromatic heterocycles. The van der Waals surface area contributed by atoms with Gasteiger partial charge in [-0.15, -0.1) is 0 Å². The highest BCUT2D eigenvalue weighted by atomic mass is 16.3. The van der Waals surface area contributed by atoms with Gasteiger partial charge in [0.15, 0.2) is 0 Å². The van der Waals surface area contributed by atoms with Crippen molar-refractivity contribution in [2.75, 3.05) is 0 Å². The molecule has 76 valence electrons. The zero-order chi connectivity index (χ0) is 9.90. The van der Waals surface area contributed by atoms with Crippen LogP contribution in [0.25, 0.3) is 0 Å². The third-order valence-corrected chi connectivity index (χ3v) is 3.10. The molecule has 0 bridgehead atoms. The highest BCUT2D eigenvalue weighted by Crippen LogP contribution is 2.38. The van der Waals surface area contributed by atoms with Gasteiger partial charge in [-0.25, -0.2) is 0 Å². The summed E-state index contributed by atoms with van der Waals surface area (Å²) in [7, 11) is 0. The van der Waals surface area contributed by atoms with Crippen LogP contribution >= 0.6 is 0 Å². The first kappa shape index (κ1) is 10.8. The van der Waals surface area contributed by atoms with Crippen LogP contribution in [0.15, 0.2) is 11.6 Å². The number of allylic oxidation sites excluding steroid dienone is 2. The van der Waals surface area contributed by atoms with E-state index in [9.17, 15) is 5.11 Å². The Bertz CT molecular complexity index is 189. The van der Waals surface area contributed by atoms with E-state index < -0.39 is 0 Å². The summed E-state index contributed by atoms with van der Waals surface area (Å²) < 4.78 is 0. The SMILES string of the molecule is CC(O)CCC1=CCCCC1(C)C. The van der Waals surface area contributed by atoms with Gasteiger partial charge in [0.1, 0.15) is 0 Å². The summed E-state index contributed by atoms with van der Waals surface area (Å²) in [6, 6.07) is 0. The lowest BCUT2D eigenvalue weighted by Gasteiger charge is -2.32. The van der Waals surface area contributed by atoms with E-state index in [2.05, 4.69) is 19.9 Å². The van der Waals surface area contributed by atoms with Gasteiger partial charge in [0.2, 0.25) is 0 Å². The molecule has 1 rings (SSSR count). The summed E-state index contributed by atoms with van der Waals surface area (Å²) in [5.41, 5.74) is 1.94. The molecule has 0 aliphatic heterocycles. The molecule has 1 aliphatic rings. The molecule has 0 heterocycles. The van der Waals surface area contributed by atoms with Gasteiger partial charge < -0.3 is 5.11 Å². The van der Waals surface area contributed by atoms with Crippen LogP contribution in [0.5, 0.6) is 0 Å². The topological polar surface area (TPSA) is 20.2 Å². The van der Waals surface area contributed by atoms with Crippen LogP contribution < -0.4 is 0 Å². The Kier molecular flexibility index (Phi) is 3.55. The first-order valence-corrected chi connectivity index (χ1v) is 5.40. The maximum Gasteiger partial charge on any atom is 0.0515 e. The fourth-order valence-corrected chi connectivity index (χ4v) is 2.06. The molecule has 0 saturated carbocycles. The Hall–Kier alpha value is -0.300. The quantitative estimate of drug-likeness (QED) is 0.664. The van der Waals surface area contributed by atoms with Crippen molar-refractivity contribution in [1.29, 1.82) is 0 Å². The van der Waals surface area contributed by atoms with E-state index in [0.717, 1.165) is 12.8 Å². The summed E-state index contributed by atoms with van der Waals surface area (Å²) >= 11 is 0. The van der Waals surface area contributed by atoms with Gasteiger partial charge in [-0.1, -0.05) is 25.5 Å². The molecule has 0 fully saturated rings. The minimum atomic E-state index is -0.154. The van der Waals surface area contributed by atoms with E-state index in [1.165, 1.54) is 19.3 Å². The fourth-order valence-electron chi connectivity index (χ4n) is 2.06. The molecule has 1 nitrogen and oxygen atoms in total. The van der Waals surface area contributed by atoms with Crippen molar-refractivity contribution in [1.82, 2.24) is 0 Å². The molecular formula is C12H22O. The third kappa shape index (κ3) is 3.15. The maximum atomic E-state index is 9.23. The Morgan fingerprint density at radius 1 is 1.54 bits per heavy atom. The Balaban J connectivity index is 2.51. The van der Waals surface area contributed by atoms with Crippen LogP contribution in [0.2, 0.25) is 0 Å². The summed E-state index contributed by atoms with van der Waals surface area (Å²) in [6.45, 7) is 6.51. The molecule has 0 spiro atoms. The van der Waals surface area contributed by atoms with Gasteiger partial charge in [0.05, 0.1) is 6.10 Å². The fraction of sp³-hybridized carbons (Fsp3) is 0.833. The van der Waals surface area contributed by atoms with Crippen LogP contribution in [-0.2, 0) is 0 Å². The monoisotopic (exact) mass is 182 g/mol. The van der Waals surface area contributed by atoms with Crippen molar-refractivity contribution in [2.45, 2.75) is 59.0 Å². The normalized spacial score (nSPS) is 23.8. The molecule has 0 radical (unpaired) electrons. The van der Waals surface area contributed by atoms with Crippen LogP contribution in [0, 0.1) is 5.41 Å². The van der Waals surface area contributed by atoms with Crippen molar-refractivity contribution in [3.8, 4) is 0 Å². The first-order chi connectivity index (χ1) is 6.02. The molecule has 0 amide bonds. The van der Waals surface area contributed by atoms with E-state index in [1.54, 1.807) is 5.57 Å². The summed E-state index contributed by atoms with van der Waals surface area (Å²) in [5.74, 6) is 0. The lowest BCUT2D eigenvalue weighted by Crippen LogP contribution is -2.19. The van der Waals surface area contributed by atoms with E-state index in [1.807, 2.05) is 6.92 Å². The minimum absolute atomic E-state index is 0.154. The average molecular weight is 182 g/mol. The van der Waals surface area contributed by atoms with Crippen LogP contribution in [0.1, 0.15) is 52.9 Å². The van der Waals surface area contributed by atoms with Crippen molar-refractivity contribution in [2.24, 2.45) is 5.41 Å². The average Bonchev–Trinajstić information content (AvgIpc) is 2.01. The molecule has 1 atom stereocenters. The number of rotatable bonds is 3. The second kappa shape index (κ2) is 4.28. The molecule has 1 aliphatic carbocycles. The number of hydrogen-bond acceptors (Lipinski definition) is 1. The predicted molar refractivity (Wildman–Crippen MR) is 56.6 cm³/mol. The molecular weight excluding hydrogens is 160 g/mol. The molecule has 1 heteroatoms. The third-order valence-electron chi connectivity index (χ3n) is 3.10. The molecule has 0 aromatic rings. The summed E-state index contributed by atoms with van der Waals surface area (Å²) in [4.78, 5) is 0. The highest BCUT2D eigenvalue weighted by Gasteiger charge is 2.24. The van der Waals surface area contributed by atoms with E-state index in [-0.39, 0.29) is 6.10 Å². The van der Waals surface area contributed by atoms with E-state index >= 15 is 0 Å². The molecule has 1 unspecified atom stereocenters. The van der Waals surface area contributed by atoms with Gasteiger partial charge in [-0.3, -0.25) is 0 Å². The summed E-state index contributed by atoms with van der Waals surface area (Å²) in [6.07, 6.45) is 8.08. The van der Waals surface area contributed by atoms with E-state index in [4.69, 9.17) is 0 Å². The van der Waals surface area contributed by atoms with Gasteiger partial charge in [0, 0.05) is 0 Å². The minimum Gasteiger partial charge on any atom is -0.393 e. The lowest BCUT2D eigenvalue weighted by atomic mass is 9.74. The van der Waals surface area contributed by atoms with Crippen molar-refractivity contribution in [3.63, 3.8) is 0 Å². The lowest BCUT2D eigenvalue weighted by molar-refractivity contribution is 0.181. The van der Waals surface area contributed by atoms with Gasteiger partial charge in [-0.05, 0) is 44.4 Å². The van der Waals surface area contributed by atoms with Crippen LogP contribution in [0.3, 0.4) is 0 Å². The maximum absolute atomic E-state index is 9.23. The van der Waals surface area contributed by atoms with Crippen molar-refractivity contribution in [3.05, 3.63) is 11.6 Å². The van der Waals surface area contributed by atoms with Gasteiger partial charge in [0.25, 0.3) is 0 Å². The van der Waals surface area contributed by atoms with E-state index in [0.29, 0.717) is 5.41 Å². The predicted octanol–water partition coefficient (Wildman–Crippen LogP) is 3.28. The number of aliphatic hydroxyl groups is 1. The van der Waals surface area contributed by atoms with Gasteiger partial charge in [-0.2, -0.15) is 0 Å². The zero-order valence-corrected chi connectivity index (χ0v) is 9.14. The molecule has 1 N–H and O–H groups in total. The second-order valence-corrected chi connectivity index (χ2v) is 4.89. The second-order valence-electron chi connectivity index (χ2n) is 4.89. The van der Waals surface area contributed by atoms with Crippen molar-refractivity contribution < 1.29 is 5.11 Å². The Morgan fingerprint density at radius 2 is 2.23 bits per heavy atom. The highest BCUT2D eigenvalue weighted by molar-refractivity contribution is 5.15. The smallest absolute Gasteiger partial charge is 0.0515 e. The van der Waals surface area contributed by atoms with Crippen molar-refractivity contribution >= 4 is 0 Å². The molecule has 0 saturated heterocycles. The molecule has 13 heavy (non-hydrogen) atoms. The number of hydrogen-bond donors (Lipinski definition) is 1. The Morgan fingerprint density at radius 3 is 2.77 bits per heavy atom. The van der Waals surface area contributed by atoms with Crippen LogP contribution in [0.4, 0.5) is 0 Å². The largest absolute Gasteiger partial charge is 0.393 e. The molecule has 0 aromatic carbocycles. The first-order valence-electron chi connectivity index (χ1n) is 5.40. The van der Waals surface area contributed by atoms with Crippen LogP contribution in [-0.4, -0.2) is 11.2 Å². The Labute approximate surface area is 81.9 Å². The standard InChI is InChI=1S/C12H22O/c1-10(13)7-8-11-6-4-5-9-12(11,2)3/h6,10,13H,4-5,7-9H2,1-3H3. The zero-order valence-electron chi connectivity index (χ0n) is 9.14. The number of aliphatic hydroxyl groups excluding tert-OH is 1. The van der Waals surface area contributed by atoms with Gasteiger partial charge >= 0.3 is 0 Å².